The van der Waals surface area contributed by atoms with Gasteiger partial charge in [-0.25, -0.2) is 0 Å². The number of amides is 2. The smallest absolute Gasteiger partial charge is 0.249 e. The van der Waals surface area contributed by atoms with Gasteiger partial charge in [0.05, 0.1) is 6.04 Å². The van der Waals surface area contributed by atoms with Crippen LogP contribution in [-0.2, 0) is 9.59 Å². The number of benzene rings is 1. The van der Waals surface area contributed by atoms with Gasteiger partial charge in [0.15, 0.2) is 0 Å². The fraction of sp³-hybridized carbons (Fsp3) is 0.600. The second kappa shape index (κ2) is 7.97. The molecule has 1 aliphatic carbocycles. The fourth-order valence-corrected chi connectivity index (χ4v) is 4.59. The summed E-state index contributed by atoms with van der Waals surface area (Å²) in [6.45, 7) is 2.70. The summed E-state index contributed by atoms with van der Waals surface area (Å²) in [4.78, 5) is 27.1. The molecular formula is C20H28ClN3O2. The number of aryl methyl sites for hydroxylation is 1. The minimum atomic E-state index is -0.391. The molecule has 2 heterocycles. The second-order valence-corrected chi connectivity index (χ2v) is 7.78. The highest BCUT2D eigenvalue weighted by Crippen LogP contribution is 2.33. The summed E-state index contributed by atoms with van der Waals surface area (Å²) in [6, 6.07) is 7.94. The quantitative estimate of drug-likeness (QED) is 0.851. The fourth-order valence-electron chi connectivity index (χ4n) is 4.59. The number of fused-ring (bicyclic) bond motifs is 1. The van der Waals surface area contributed by atoms with Crippen LogP contribution in [0.15, 0.2) is 24.3 Å². The van der Waals surface area contributed by atoms with Crippen molar-refractivity contribution in [1.82, 2.24) is 10.6 Å². The summed E-state index contributed by atoms with van der Waals surface area (Å²) in [6.07, 6.45) is 6.54. The first-order valence-electron chi connectivity index (χ1n) is 9.56. The van der Waals surface area contributed by atoms with E-state index < -0.39 is 6.04 Å². The lowest BCUT2D eigenvalue weighted by molar-refractivity contribution is -0.127. The van der Waals surface area contributed by atoms with E-state index in [2.05, 4.69) is 10.6 Å². The third-order valence-electron chi connectivity index (χ3n) is 6.05. The van der Waals surface area contributed by atoms with Gasteiger partial charge < -0.3 is 15.5 Å². The Labute approximate surface area is 161 Å². The predicted octanol–water partition coefficient (Wildman–Crippen LogP) is 2.56. The van der Waals surface area contributed by atoms with Crippen molar-refractivity contribution in [2.24, 2.45) is 5.92 Å². The minimum Gasteiger partial charge on any atom is -0.343 e. The highest BCUT2D eigenvalue weighted by Gasteiger charge is 2.40. The van der Waals surface area contributed by atoms with Gasteiger partial charge in [-0.3, -0.25) is 9.59 Å². The highest BCUT2D eigenvalue weighted by molar-refractivity contribution is 6.01. The molecule has 1 aromatic rings. The summed E-state index contributed by atoms with van der Waals surface area (Å²) in [5, 5.41) is 6.49. The van der Waals surface area contributed by atoms with Crippen LogP contribution < -0.4 is 15.5 Å². The molecule has 5 nitrogen and oxygen atoms in total. The topological polar surface area (TPSA) is 61.4 Å². The van der Waals surface area contributed by atoms with Crippen molar-refractivity contribution in [2.75, 3.05) is 11.4 Å². The number of carbonyl (C=O) groups is 2. The van der Waals surface area contributed by atoms with Gasteiger partial charge >= 0.3 is 0 Å². The second-order valence-electron chi connectivity index (χ2n) is 7.78. The molecule has 26 heavy (non-hydrogen) atoms. The van der Waals surface area contributed by atoms with Crippen LogP contribution in [0.1, 0.15) is 44.1 Å². The summed E-state index contributed by atoms with van der Waals surface area (Å²) in [5.74, 6) is 0.638. The third kappa shape index (κ3) is 3.74. The summed E-state index contributed by atoms with van der Waals surface area (Å²) in [5.41, 5.74) is 2.09. The molecule has 142 valence electrons. The summed E-state index contributed by atoms with van der Waals surface area (Å²) >= 11 is 0. The molecule has 2 aliphatic heterocycles. The van der Waals surface area contributed by atoms with E-state index in [0.717, 1.165) is 12.1 Å². The van der Waals surface area contributed by atoms with Gasteiger partial charge in [0, 0.05) is 18.3 Å². The van der Waals surface area contributed by atoms with Gasteiger partial charge in [-0.1, -0.05) is 30.5 Å². The molecule has 0 aromatic heterocycles. The number of rotatable bonds is 3. The molecule has 2 amide bonds. The minimum absolute atomic E-state index is 0. The van der Waals surface area contributed by atoms with E-state index in [9.17, 15) is 9.59 Å². The Balaban J connectivity index is 0.00000196. The van der Waals surface area contributed by atoms with Gasteiger partial charge in [-0.2, -0.15) is 0 Å². The average Bonchev–Trinajstić information content (AvgIpc) is 3.20. The van der Waals surface area contributed by atoms with Crippen LogP contribution in [0, 0.1) is 12.8 Å². The highest BCUT2D eigenvalue weighted by atomic mass is 35.5. The van der Waals surface area contributed by atoms with Crippen molar-refractivity contribution in [2.45, 2.75) is 63.6 Å². The molecule has 3 aliphatic rings. The number of anilines is 1. The van der Waals surface area contributed by atoms with Crippen LogP contribution in [0.4, 0.5) is 5.69 Å². The Morgan fingerprint density at radius 3 is 2.62 bits per heavy atom. The van der Waals surface area contributed by atoms with Crippen LogP contribution in [0.5, 0.6) is 0 Å². The van der Waals surface area contributed by atoms with Crippen molar-refractivity contribution in [3.05, 3.63) is 29.8 Å². The van der Waals surface area contributed by atoms with Gasteiger partial charge in [0.2, 0.25) is 11.8 Å². The Morgan fingerprint density at radius 1 is 1.15 bits per heavy atom. The average molecular weight is 378 g/mol. The van der Waals surface area contributed by atoms with Gasteiger partial charge in [-0.05, 0) is 50.7 Å². The Morgan fingerprint density at radius 2 is 1.88 bits per heavy atom. The molecule has 1 saturated carbocycles. The maximum atomic E-state index is 12.7. The predicted molar refractivity (Wildman–Crippen MR) is 105 cm³/mol. The lowest BCUT2D eigenvalue weighted by Crippen LogP contribution is -2.49. The maximum absolute atomic E-state index is 12.7. The number of nitrogens with one attached hydrogen (secondary N) is 2. The molecule has 3 fully saturated rings. The Hall–Kier alpha value is -1.59. The third-order valence-corrected chi connectivity index (χ3v) is 6.05. The molecular weight excluding hydrogens is 350 g/mol. The van der Waals surface area contributed by atoms with Crippen molar-refractivity contribution in [3.63, 3.8) is 0 Å². The molecule has 0 spiro atoms. The lowest BCUT2D eigenvalue weighted by Gasteiger charge is -2.24. The zero-order chi connectivity index (χ0) is 17.4. The van der Waals surface area contributed by atoms with E-state index in [0.29, 0.717) is 24.9 Å². The van der Waals surface area contributed by atoms with E-state index in [4.69, 9.17) is 0 Å². The molecule has 0 radical (unpaired) electrons. The van der Waals surface area contributed by atoms with Gasteiger partial charge in [0.25, 0.3) is 0 Å². The SMILES string of the molecule is Cc1ccc(N2CCC(NC(=O)C3CC4CCCCC4N3)C2=O)cc1.Cl. The van der Waals surface area contributed by atoms with Crippen molar-refractivity contribution < 1.29 is 9.59 Å². The van der Waals surface area contributed by atoms with Crippen molar-refractivity contribution in [3.8, 4) is 0 Å². The molecule has 4 unspecified atom stereocenters. The first-order chi connectivity index (χ1) is 12.1. The molecule has 2 saturated heterocycles. The standard InChI is InChI=1S/C20H27N3O2.ClH/c1-13-6-8-15(9-7-13)23-11-10-17(20(23)25)22-19(24)18-12-14-4-2-3-5-16(14)21-18;/h6-9,14,16-18,21H,2-5,10-12H2,1H3,(H,22,24);1H. The molecule has 4 rings (SSSR count). The maximum Gasteiger partial charge on any atom is 0.249 e. The van der Waals surface area contributed by atoms with E-state index in [1.807, 2.05) is 31.2 Å². The van der Waals surface area contributed by atoms with Crippen LogP contribution in [0.3, 0.4) is 0 Å². The van der Waals surface area contributed by atoms with Crippen molar-refractivity contribution in [1.29, 1.82) is 0 Å². The number of carbonyl (C=O) groups excluding carboxylic acids is 2. The normalized spacial score (nSPS) is 30.7. The van der Waals surface area contributed by atoms with E-state index in [-0.39, 0.29) is 30.3 Å². The van der Waals surface area contributed by atoms with Crippen LogP contribution in [0.2, 0.25) is 0 Å². The largest absolute Gasteiger partial charge is 0.343 e. The van der Waals surface area contributed by atoms with E-state index >= 15 is 0 Å². The first kappa shape index (κ1) is 19.2. The first-order valence-corrected chi connectivity index (χ1v) is 9.56. The zero-order valence-corrected chi connectivity index (χ0v) is 16.1. The zero-order valence-electron chi connectivity index (χ0n) is 15.2. The summed E-state index contributed by atoms with van der Waals surface area (Å²) in [7, 11) is 0. The van der Waals surface area contributed by atoms with Gasteiger partial charge in [0.1, 0.15) is 6.04 Å². The lowest BCUT2D eigenvalue weighted by atomic mass is 9.85. The number of hydrogen-bond donors (Lipinski definition) is 2. The van der Waals surface area contributed by atoms with Crippen LogP contribution in [0.25, 0.3) is 0 Å². The Bertz CT molecular complexity index is 650. The van der Waals surface area contributed by atoms with Crippen molar-refractivity contribution >= 4 is 29.9 Å². The van der Waals surface area contributed by atoms with Gasteiger partial charge in [-0.15, -0.1) is 12.4 Å². The van der Waals surface area contributed by atoms with Crippen LogP contribution >= 0.6 is 12.4 Å². The van der Waals surface area contributed by atoms with E-state index in [1.54, 1.807) is 4.90 Å². The summed E-state index contributed by atoms with van der Waals surface area (Å²) < 4.78 is 0. The number of nitrogens with zero attached hydrogens (tertiary/aromatic N) is 1. The molecule has 4 atom stereocenters. The molecule has 1 aromatic carbocycles. The number of hydrogen-bond acceptors (Lipinski definition) is 3. The molecule has 6 heteroatoms. The molecule has 0 bridgehead atoms. The number of halogens is 1. The van der Waals surface area contributed by atoms with Crippen LogP contribution in [-0.4, -0.2) is 36.5 Å². The molecule has 2 N–H and O–H groups in total. The van der Waals surface area contributed by atoms with E-state index in [1.165, 1.54) is 31.2 Å². The Kier molecular flexibility index (Phi) is 5.88. The monoisotopic (exact) mass is 377 g/mol.